The van der Waals surface area contributed by atoms with Crippen LogP contribution >= 0.6 is 0 Å². The van der Waals surface area contributed by atoms with Crippen LogP contribution in [-0.2, 0) is 15.6 Å². The number of hydrogen-bond acceptors (Lipinski definition) is 3. The van der Waals surface area contributed by atoms with Crippen LogP contribution in [0.4, 0.5) is 0 Å². The quantitative estimate of drug-likeness (QED) is 0.730. The van der Waals surface area contributed by atoms with Gasteiger partial charge in [-0.3, -0.25) is 9.00 Å². The van der Waals surface area contributed by atoms with Crippen LogP contribution in [0.25, 0.3) is 0 Å². The second kappa shape index (κ2) is 7.09. The zero-order chi connectivity index (χ0) is 19.4. The van der Waals surface area contributed by atoms with Gasteiger partial charge in [-0.15, -0.1) is 0 Å². The van der Waals surface area contributed by atoms with Gasteiger partial charge in [-0.1, -0.05) is 26.0 Å². The number of ketones is 1. The molecule has 4 aliphatic rings. The Hall–Kier alpha value is -0.480. The Bertz CT molecular complexity index is 661. The predicted octanol–water partition coefficient (Wildman–Crippen LogP) is 4.23. The molecule has 4 fully saturated rings. The molecule has 4 aliphatic carbocycles. The molecule has 8 atom stereocenters. The highest BCUT2D eigenvalue weighted by molar-refractivity contribution is 7.85. The van der Waals surface area contributed by atoms with Crippen molar-refractivity contribution in [3.8, 4) is 0 Å². The monoisotopic (exact) mass is 391 g/mol. The molecule has 4 saturated carbocycles. The summed E-state index contributed by atoms with van der Waals surface area (Å²) in [6.07, 6.45) is 9.44. The van der Waals surface area contributed by atoms with Crippen molar-refractivity contribution in [1.82, 2.24) is 0 Å². The van der Waals surface area contributed by atoms with Crippen molar-refractivity contribution in [2.75, 3.05) is 12.3 Å². The van der Waals surface area contributed by atoms with Gasteiger partial charge in [0.25, 0.3) is 0 Å². The molecule has 0 aromatic rings. The summed E-state index contributed by atoms with van der Waals surface area (Å²) in [5.74, 6) is 3.71. The second-order valence-electron chi connectivity index (χ2n) is 10.3. The van der Waals surface area contributed by atoms with E-state index in [0.29, 0.717) is 40.7 Å². The maximum absolute atomic E-state index is 12.7. The summed E-state index contributed by atoms with van der Waals surface area (Å²) < 4.78 is 12.7. The van der Waals surface area contributed by atoms with Crippen molar-refractivity contribution < 1.29 is 9.00 Å². The number of carbonyl (C=O) groups excluding carboxylic acids is 1. The van der Waals surface area contributed by atoms with Crippen LogP contribution in [0.2, 0.25) is 0 Å². The average molecular weight is 392 g/mol. The van der Waals surface area contributed by atoms with Gasteiger partial charge in [0.1, 0.15) is 5.78 Å². The number of Topliss-reactive ketones (excluding diaryl/α,β-unsaturated/α-hetero) is 1. The summed E-state index contributed by atoms with van der Waals surface area (Å²) in [5, 5.41) is 0.324. The van der Waals surface area contributed by atoms with E-state index in [0.717, 1.165) is 56.6 Å². The molecule has 0 amide bonds. The Morgan fingerprint density at radius 2 is 1.96 bits per heavy atom. The van der Waals surface area contributed by atoms with E-state index in [4.69, 9.17) is 5.73 Å². The SMILES string of the molecule is C=C1C[C@@H]2[C@H](CC[C@]3(C)C(=O)CC[C@@H]23)[C@@]2(C)CCC(S(=O)CCCN)C[C@H]12. The minimum Gasteiger partial charge on any atom is -0.330 e. The molecule has 0 aliphatic heterocycles. The smallest absolute Gasteiger partial charge is 0.139 e. The Kier molecular flexibility index (Phi) is 5.20. The van der Waals surface area contributed by atoms with Gasteiger partial charge < -0.3 is 5.73 Å². The zero-order valence-corrected chi connectivity index (χ0v) is 18.0. The van der Waals surface area contributed by atoms with E-state index >= 15 is 0 Å². The molecule has 0 aromatic heterocycles. The molecule has 2 N–H and O–H groups in total. The summed E-state index contributed by atoms with van der Waals surface area (Å²) >= 11 is 0. The van der Waals surface area contributed by atoms with Crippen molar-refractivity contribution >= 4 is 16.6 Å². The molecular formula is C23H37NO2S. The van der Waals surface area contributed by atoms with E-state index in [1.807, 2.05) is 0 Å². The number of fused-ring (bicyclic) bond motifs is 5. The molecule has 0 spiro atoms. The molecular weight excluding hydrogens is 354 g/mol. The Morgan fingerprint density at radius 3 is 2.70 bits per heavy atom. The second-order valence-corrected chi connectivity index (χ2v) is 12.2. The van der Waals surface area contributed by atoms with Crippen molar-refractivity contribution in [3.05, 3.63) is 12.2 Å². The number of rotatable bonds is 4. The highest BCUT2D eigenvalue weighted by Crippen LogP contribution is 2.66. The molecule has 0 saturated heterocycles. The lowest BCUT2D eigenvalue weighted by Gasteiger charge is -2.60. The summed E-state index contributed by atoms with van der Waals surface area (Å²) in [6.45, 7) is 9.92. The highest BCUT2D eigenvalue weighted by Gasteiger charge is 2.61. The van der Waals surface area contributed by atoms with Gasteiger partial charge in [-0.05, 0) is 87.0 Å². The van der Waals surface area contributed by atoms with E-state index < -0.39 is 10.8 Å². The Balaban J connectivity index is 1.55. The molecule has 0 radical (unpaired) electrons. The van der Waals surface area contributed by atoms with Crippen LogP contribution in [0.5, 0.6) is 0 Å². The number of allylic oxidation sites excluding steroid dienone is 1. The zero-order valence-electron chi connectivity index (χ0n) is 17.2. The fraction of sp³-hybridized carbons (Fsp3) is 0.870. The van der Waals surface area contributed by atoms with E-state index in [9.17, 15) is 9.00 Å². The third-order valence-electron chi connectivity index (χ3n) is 9.20. The number of hydrogen-bond donors (Lipinski definition) is 1. The number of nitrogens with two attached hydrogens (primary N) is 1. The highest BCUT2D eigenvalue weighted by atomic mass is 32.2. The largest absolute Gasteiger partial charge is 0.330 e. The van der Waals surface area contributed by atoms with Crippen molar-refractivity contribution in [2.24, 2.45) is 40.2 Å². The third-order valence-corrected chi connectivity index (χ3v) is 11.1. The molecule has 0 bridgehead atoms. The topological polar surface area (TPSA) is 60.2 Å². The van der Waals surface area contributed by atoms with Crippen molar-refractivity contribution in [2.45, 2.75) is 76.9 Å². The van der Waals surface area contributed by atoms with Crippen LogP contribution < -0.4 is 5.73 Å². The maximum Gasteiger partial charge on any atom is 0.139 e. The van der Waals surface area contributed by atoms with Gasteiger partial charge >= 0.3 is 0 Å². The van der Waals surface area contributed by atoms with Crippen LogP contribution in [-0.4, -0.2) is 27.5 Å². The lowest BCUT2D eigenvalue weighted by Crippen LogP contribution is -2.55. The van der Waals surface area contributed by atoms with Crippen LogP contribution in [0, 0.1) is 34.5 Å². The Morgan fingerprint density at radius 1 is 1.19 bits per heavy atom. The Labute approximate surface area is 167 Å². The van der Waals surface area contributed by atoms with Gasteiger partial charge in [0, 0.05) is 33.6 Å². The fourth-order valence-corrected chi connectivity index (χ4v) is 9.18. The van der Waals surface area contributed by atoms with Gasteiger partial charge in [0.05, 0.1) is 0 Å². The van der Waals surface area contributed by atoms with E-state index in [1.165, 1.54) is 18.4 Å². The summed E-state index contributed by atoms with van der Waals surface area (Å²) in [7, 11) is -0.746. The lowest BCUT2D eigenvalue weighted by atomic mass is 9.44. The standard InChI is InChI=1S/C23H37NO2S/c1-15-13-17-18-5-6-21(25)23(18,3)10-8-19(17)22(2)9-7-16(14-20(15)22)27(26)12-4-11-24/h16-20H,1,4-14,24H2,2-3H3/t16?,17-,18-,19-,20+,22+,23-,27?/m0/s1. The van der Waals surface area contributed by atoms with Gasteiger partial charge in [0.15, 0.2) is 0 Å². The molecule has 2 unspecified atom stereocenters. The van der Waals surface area contributed by atoms with Crippen LogP contribution in [0.3, 0.4) is 0 Å². The van der Waals surface area contributed by atoms with E-state index in [1.54, 1.807) is 0 Å². The average Bonchev–Trinajstić information content (AvgIpc) is 2.95. The van der Waals surface area contributed by atoms with Gasteiger partial charge in [-0.25, -0.2) is 0 Å². The molecule has 0 heterocycles. The van der Waals surface area contributed by atoms with E-state index in [-0.39, 0.29) is 5.41 Å². The first-order valence-corrected chi connectivity index (χ1v) is 12.5. The van der Waals surface area contributed by atoms with E-state index in [2.05, 4.69) is 20.4 Å². The van der Waals surface area contributed by atoms with Crippen LogP contribution in [0.15, 0.2) is 12.2 Å². The molecule has 27 heavy (non-hydrogen) atoms. The van der Waals surface area contributed by atoms with Crippen molar-refractivity contribution in [1.29, 1.82) is 0 Å². The summed E-state index contributed by atoms with van der Waals surface area (Å²) in [4.78, 5) is 12.6. The predicted molar refractivity (Wildman–Crippen MR) is 112 cm³/mol. The molecule has 4 rings (SSSR count). The summed E-state index contributed by atoms with van der Waals surface area (Å²) in [5.41, 5.74) is 7.24. The molecule has 4 heteroatoms. The first kappa shape index (κ1) is 19.8. The van der Waals surface area contributed by atoms with Crippen LogP contribution in [0.1, 0.15) is 71.6 Å². The minimum absolute atomic E-state index is 0.0639. The minimum atomic E-state index is -0.746. The third kappa shape index (κ3) is 3.01. The van der Waals surface area contributed by atoms with Gasteiger partial charge in [-0.2, -0.15) is 0 Å². The number of carbonyl (C=O) groups is 1. The summed E-state index contributed by atoms with van der Waals surface area (Å²) in [6, 6.07) is 0. The van der Waals surface area contributed by atoms with Crippen molar-refractivity contribution in [3.63, 3.8) is 0 Å². The molecule has 0 aromatic carbocycles. The normalized spacial score (nSPS) is 47.9. The molecule has 152 valence electrons. The lowest BCUT2D eigenvalue weighted by molar-refractivity contribution is -0.135. The first-order valence-electron chi connectivity index (χ1n) is 11.1. The molecule has 3 nitrogen and oxygen atoms in total. The first-order chi connectivity index (χ1) is 12.8. The fourth-order valence-electron chi connectivity index (χ4n) is 7.61. The van der Waals surface area contributed by atoms with Gasteiger partial charge in [0.2, 0.25) is 0 Å². The maximum atomic E-state index is 12.7.